The van der Waals surface area contributed by atoms with Crippen LogP contribution in [0.1, 0.15) is 55.1 Å². The van der Waals surface area contributed by atoms with Gasteiger partial charge in [-0.3, -0.25) is 19.1 Å². The van der Waals surface area contributed by atoms with Crippen molar-refractivity contribution in [1.29, 1.82) is 0 Å². The number of aliphatic hydroxyl groups is 1. The first kappa shape index (κ1) is 24.2. The third-order valence-corrected chi connectivity index (χ3v) is 5.09. The number of nitrogens with zero attached hydrogens (tertiary/aromatic N) is 3. The van der Waals surface area contributed by atoms with Gasteiger partial charge in [0.15, 0.2) is 5.69 Å². The fraction of sp³-hybridized carbons (Fsp3) is 0.455. The predicted molar refractivity (Wildman–Crippen MR) is 115 cm³/mol. The Hall–Kier alpha value is -3.47. The van der Waals surface area contributed by atoms with Crippen molar-refractivity contribution in [3.05, 3.63) is 57.5 Å². The Morgan fingerprint density at radius 3 is 2.52 bits per heavy atom. The third-order valence-electron chi connectivity index (χ3n) is 5.09. The second-order valence-electron chi connectivity index (χ2n) is 8.88. The molecule has 1 fully saturated rings. The number of aromatic hydroxyl groups is 1. The van der Waals surface area contributed by atoms with Crippen LogP contribution in [0.3, 0.4) is 0 Å². The third kappa shape index (κ3) is 5.48. The molecule has 0 saturated carbocycles. The quantitative estimate of drug-likeness (QED) is 0.628. The number of benzene rings is 1. The first-order chi connectivity index (χ1) is 15.4. The number of likely N-dealkylation sites (tertiary alicyclic amines) is 1. The molecule has 11 heteroatoms. The van der Waals surface area contributed by atoms with E-state index >= 15 is 0 Å². The number of carbonyl (C=O) groups excluding carboxylic acids is 2. The van der Waals surface area contributed by atoms with Crippen LogP contribution in [0, 0.1) is 5.82 Å². The summed E-state index contributed by atoms with van der Waals surface area (Å²) in [7, 11) is 1.35. The fourth-order valence-electron chi connectivity index (χ4n) is 3.51. The Balaban J connectivity index is 1.91. The number of hydrogen-bond donors (Lipinski definition) is 3. The van der Waals surface area contributed by atoms with Crippen molar-refractivity contribution in [1.82, 2.24) is 19.8 Å². The number of halogens is 1. The highest BCUT2D eigenvalue weighted by Gasteiger charge is 2.40. The van der Waals surface area contributed by atoms with Gasteiger partial charge in [-0.05, 0) is 38.5 Å². The summed E-state index contributed by atoms with van der Waals surface area (Å²) < 4.78 is 19.5. The molecule has 0 radical (unpaired) electrons. The molecule has 0 aliphatic carbocycles. The molecule has 0 spiro atoms. The first-order valence-electron chi connectivity index (χ1n) is 10.4. The summed E-state index contributed by atoms with van der Waals surface area (Å²) in [5, 5.41) is 23.0. The number of amides is 2. The lowest BCUT2D eigenvalue weighted by Crippen LogP contribution is -2.39. The number of aromatic nitrogens is 2. The van der Waals surface area contributed by atoms with Crippen LogP contribution in [-0.4, -0.2) is 54.9 Å². The molecular formula is C22H27FN4O6. The predicted octanol–water partition coefficient (Wildman–Crippen LogP) is 1.60. The van der Waals surface area contributed by atoms with Gasteiger partial charge < -0.3 is 20.3 Å². The molecule has 33 heavy (non-hydrogen) atoms. The maximum atomic E-state index is 13.1. The van der Waals surface area contributed by atoms with Crippen LogP contribution in [0.2, 0.25) is 0 Å². The number of rotatable bonds is 4. The van der Waals surface area contributed by atoms with Crippen molar-refractivity contribution >= 4 is 12.0 Å². The van der Waals surface area contributed by atoms with Gasteiger partial charge in [-0.2, -0.15) is 0 Å². The standard InChI is InChI=1S/C22H27FN4O6/c1-22(2,3)33-21(32)27-11-14(28)9-15(27)18-25-16(17(29)20(31)26(18)4)19(30)24-10-12-5-7-13(23)8-6-12/h5-8,14-15,28-29H,9-11H2,1-4H3,(H,24,30)/t14-,15+/m1/s1. The molecule has 3 N–H and O–H groups in total. The molecule has 1 aromatic carbocycles. The molecule has 1 aliphatic heterocycles. The number of aliphatic hydroxyl groups excluding tert-OH is 1. The average Bonchev–Trinajstić information content (AvgIpc) is 3.12. The van der Waals surface area contributed by atoms with Crippen molar-refractivity contribution in [3.63, 3.8) is 0 Å². The maximum absolute atomic E-state index is 13.1. The van der Waals surface area contributed by atoms with E-state index in [2.05, 4.69) is 10.3 Å². The zero-order chi connectivity index (χ0) is 24.5. The molecule has 178 valence electrons. The SMILES string of the molecule is Cn1c([C@@H]2C[C@@H](O)CN2C(=O)OC(C)(C)C)nc(C(=O)NCc2ccc(F)cc2)c(O)c1=O. The minimum absolute atomic E-state index is 0.0109. The van der Waals surface area contributed by atoms with Crippen molar-refractivity contribution in [2.45, 2.75) is 51.5 Å². The van der Waals surface area contributed by atoms with Crippen LogP contribution in [-0.2, 0) is 18.3 Å². The largest absolute Gasteiger partial charge is 0.501 e. The number of β-amino-alcohol motifs (C(OH)–C–C–N with tert-alkyl or cyclic N) is 1. The van der Waals surface area contributed by atoms with Gasteiger partial charge in [0.05, 0.1) is 18.7 Å². The molecule has 2 amide bonds. The van der Waals surface area contributed by atoms with E-state index in [0.717, 1.165) is 4.57 Å². The number of ether oxygens (including phenoxy) is 1. The van der Waals surface area contributed by atoms with Crippen LogP contribution >= 0.6 is 0 Å². The van der Waals surface area contributed by atoms with Gasteiger partial charge in [0, 0.05) is 20.0 Å². The van der Waals surface area contributed by atoms with E-state index in [1.54, 1.807) is 20.8 Å². The van der Waals surface area contributed by atoms with Crippen LogP contribution in [0.5, 0.6) is 5.75 Å². The highest BCUT2D eigenvalue weighted by atomic mass is 19.1. The molecule has 0 unspecified atom stereocenters. The van der Waals surface area contributed by atoms with Crippen LogP contribution in [0.25, 0.3) is 0 Å². The normalized spacial score (nSPS) is 18.3. The highest BCUT2D eigenvalue weighted by molar-refractivity contribution is 5.94. The lowest BCUT2D eigenvalue weighted by atomic mass is 10.1. The van der Waals surface area contributed by atoms with Crippen LogP contribution < -0.4 is 10.9 Å². The average molecular weight is 462 g/mol. The van der Waals surface area contributed by atoms with Crippen molar-refractivity contribution in [2.24, 2.45) is 7.05 Å². The minimum Gasteiger partial charge on any atom is -0.501 e. The van der Waals surface area contributed by atoms with Gasteiger partial charge in [0.1, 0.15) is 17.2 Å². The molecule has 0 bridgehead atoms. The van der Waals surface area contributed by atoms with E-state index in [0.29, 0.717) is 5.56 Å². The zero-order valence-electron chi connectivity index (χ0n) is 18.8. The Morgan fingerprint density at radius 1 is 1.27 bits per heavy atom. The number of hydrogen-bond acceptors (Lipinski definition) is 7. The van der Waals surface area contributed by atoms with Crippen molar-refractivity contribution < 1.29 is 28.9 Å². The highest BCUT2D eigenvalue weighted by Crippen LogP contribution is 2.32. The summed E-state index contributed by atoms with van der Waals surface area (Å²) in [6, 6.07) is 4.60. The van der Waals surface area contributed by atoms with Gasteiger partial charge in [-0.1, -0.05) is 12.1 Å². The van der Waals surface area contributed by atoms with Crippen LogP contribution in [0.15, 0.2) is 29.1 Å². The summed E-state index contributed by atoms with van der Waals surface area (Å²) in [5.74, 6) is -2.07. The molecule has 1 saturated heterocycles. The second kappa shape index (κ2) is 9.18. The molecule has 2 atom stereocenters. The van der Waals surface area contributed by atoms with Gasteiger partial charge in [0.25, 0.3) is 11.5 Å². The first-order valence-corrected chi connectivity index (χ1v) is 10.4. The lowest BCUT2D eigenvalue weighted by molar-refractivity contribution is 0.0198. The van der Waals surface area contributed by atoms with Crippen molar-refractivity contribution in [3.8, 4) is 5.75 Å². The molecular weight excluding hydrogens is 435 g/mol. The topological polar surface area (TPSA) is 134 Å². The molecule has 2 aromatic rings. The van der Waals surface area contributed by atoms with E-state index in [1.807, 2.05) is 0 Å². The summed E-state index contributed by atoms with van der Waals surface area (Å²) in [6.07, 6.45) is -1.52. The minimum atomic E-state index is -0.885. The van der Waals surface area contributed by atoms with Gasteiger partial charge in [-0.15, -0.1) is 0 Å². The molecule has 1 aliphatic rings. The Kier molecular flexibility index (Phi) is 6.73. The smallest absolute Gasteiger partial charge is 0.411 e. The van der Waals surface area contributed by atoms with E-state index in [-0.39, 0.29) is 25.3 Å². The van der Waals surface area contributed by atoms with Gasteiger partial charge in [-0.25, -0.2) is 14.2 Å². The van der Waals surface area contributed by atoms with E-state index < -0.39 is 52.6 Å². The summed E-state index contributed by atoms with van der Waals surface area (Å²) in [5.41, 5.74) is -1.57. The van der Waals surface area contributed by atoms with Gasteiger partial charge >= 0.3 is 6.09 Å². The Morgan fingerprint density at radius 2 is 1.91 bits per heavy atom. The zero-order valence-corrected chi connectivity index (χ0v) is 18.8. The monoisotopic (exact) mass is 462 g/mol. The van der Waals surface area contributed by atoms with E-state index in [1.165, 1.54) is 36.2 Å². The lowest BCUT2D eigenvalue weighted by Gasteiger charge is -2.28. The maximum Gasteiger partial charge on any atom is 0.411 e. The molecule has 3 rings (SSSR count). The summed E-state index contributed by atoms with van der Waals surface area (Å²) in [4.78, 5) is 43.4. The molecule has 10 nitrogen and oxygen atoms in total. The number of nitrogens with one attached hydrogen (secondary N) is 1. The second-order valence-corrected chi connectivity index (χ2v) is 8.88. The van der Waals surface area contributed by atoms with Crippen LogP contribution in [0.4, 0.5) is 9.18 Å². The Bertz CT molecular complexity index is 1110. The fourth-order valence-corrected chi connectivity index (χ4v) is 3.51. The van der Waals surface area contributed by atoms with Gasteiger partial charge in [0.2, 0.25) is 5.75 Å². The van der Waals surface area contributed by atoms with Crippen molar-refractivity contribution in [2.75, 3.05) is 6.54 Å². The summed E-state index contributed by atoms with van der Waals surface area (Å²) in [6.45, 7) is 5.07. The molecule has 2 heterocycles. The Labute approximate surface area is 189 Å². The number of carbonyl (C=O) groups is 2. The summed E-state index contributed by atoms with van der Waals surface area (Å²) >= 11 is 0. The van der Waals surface area contributed by atoms with E-state index in [9.17, 15) is 29.0 Å². The van der Waals surface area contributed by atoms with E-state index in [4.69, 9.17) is 4.74 Å². The molecule has 1 aromatic heterocycles.